The largest absolute Gasteiger partial charge is 0.456 e. The van der Waals surface area contributed by atoms with Gasteiger partial charge in [-0.1, -0.05) is 115 Å². The van der Waals surface area contributed by atoms with Gasteiger partial charge in [0.15, 0.2) is 0 Å². The third-order valence-corrected chi connectivity index (χ3v) is 13.4. The van der Waals surface area contributed by atoms with Crippen LogP contribution in [-0.4, -0.2) is 0 Å². The van der Waals surface area contributed by atoms with Crippen LogP contribution in [0.25, 0.3) is 43.8 Å². The lowest BCUT2D eigenvalue weighted by atomic mass is 10.00. The Bertz CT molecular complexity index is 2290. The van der Waals surface area contributed by atoms with Crippen molar-refractivity contribution in [2.24, 2.45) is 0 Å². The molecule has 4 heteroatoms. The summed E-state index contributed by atoms with van der Waals surface area (Å²) < 4.78 is 13.6. The molecule has 0 fully saturated rings. The van der Waals surface area contributed by atoms with Crippen LogP contribution >= 0.6 is 6.04 Å². The summed E-state index contributed by atoms with van der Waals surface area (Å²) in [4.78, 5) is 0. The number of benzene rings is 7. The quantitative estimate of drug-likeness (QED) is 0.192. The SMILES string of the molecule is S=P12c3ccc(-c4ccccc4)cc3Oc3ccc(-c4ccc5ccccc5c4)c(c31)Oc1ccc3ccccc3c12. The van der Waals surface area contributed by atoms with Crippen molar-refractivity contribution in [3.63, 3.8) is 0 Å². The Labute approximate surface area is 248 Å². The first kappa shape index (κ1) is 24.0. The van der Waals surface area contributed by atoms with E-state index in [-0.39, 0.29) is 0 Å². The van der Waals surface area contributed by atoms with Crippen molar-refractivity contribution in [3.8, 4) is 45.3 Å². The first-order valence-corrected chi connectivity index (χ1v) is 16.8. The van der Waals surface area contributed by atoms with Gasteiger partial charge in [-0.25, -0.2) is 0 Å². The first-order valence-electron chi connectivity index (χ1n) is 14.0. The molecule has 0 saturated heterocycles. The maximum atomic E-state index is 6.98. The Kier molecular flexibility index (Phi) is 5.08. The molecule has 2 aliphatic rings. The lowest BCUT2D eigenvalue weighted by Gasteiger charge is -2.39. The van der Waals surface area contributed by atoms with Crippen LogP contribution in [0.15, 0.2) is 140 Å². The Morgan fingerprint density at radius 3 is 2.02 bits per heavy atom. The summed E-state index contributed by atoms with van der Waals surface area (Å²) in [6.45, 7) is 0. The Morgan fingerprint density at radius 1 is 0.452 bits per heavy atom. The minimum absolute atomic E-state index is 0.786. The average Bonchev–Trinajstić information content (AvgIpc) is 3.04. The maximum Gasteiger partial charge on any atom is 0.148 e. The fourth-order valence-electron chi connectivity index (χ4n) is 6.51. The standard InChI is InChI=1S/C38H23O2PS/c42-41-35-21-17-28(24-8-2-1-3-9-24)23-34(35)39-33-20-18-30(29-15-14-25-10-4-5-12-27(25)22-29)36(38(33)41)40-32-19-16-26-11-6-7-13-31(26)37(32)41/h1-23H. The highest BCUT2D eigenvalue weighted by atomic mass is 32.4. The molecular weight excluding hydrogens is 551 g/mol. The van der Waals surface area contributed by atoms with Gasteiger partial charge in [0.25, 0.3) is 0 Å². The maximum absolute atomic E-state index is 6.98. The Morgan fingerprint density at radius 2 is 1.14 bits per heavy atom. The number of rotatable bonds is 2. The van der Waals surface area contributed by atoms with E-state index in [9.17, 15) is 0 Å². The molecule has 2 aliphatic heterocycles. The average molecular weight is 575 g/mol. The van der Waals surface area contributed by atoms with E-state index in [0.717, 1.165) is 71.9 Å². The second-order valence-electron chi connectivity index (χ2n) is 10.8. The molecule has 0 saturated carbocycles. The number of hydrogen-bond acceptors (Lipinski definition) is 3. The van der Waals surface area contributed by atoms with E-state index in [1.165, 1.54) is 10.8 Å². The van der Waals surface area contributed by atoms with Crippen LogP contribution in [0.3, 0.4) is 0 Å². The van der Waals surface area contributed by atoms with Crippen LogP contribution in [-0.2, 0) is 11.8 Å². The van der Waals surface area contributed by atoms with Crippen molar-refractivity contribution in [1.29, 1.82) is 0 Å². The van der Waals surface area contributed by atoms with E-state index in [2.05, 4.69) is 133 Å². The van der Waals surface area contributed by atoms with Crippen LogP contribution < -0.4 is 25.4 Å². The summed E-state index contributed by atoms with van der Waals surface area (Å²) in [6.07, 6.45) is 0. The Balaban J connectivity index is 1.35. The van der Waals surface area contributed by atoms with Gasteiger partial charge in [-0.3, -0.25) is 0 Å². The number of ether oxygens (including phenoxy) is 2. The zero-order valence-electron chi connectivity index (χ0n) is 22.5. The summed E-state index contributed by atoms with van der Waals surface area (Å²) in [5.41, 5.74) is 4.39. The third kappa shape index (κ3) is 3.35. The summed E-state index contributed by atoms with van der Waals surface area (Å²) in [7, 11) is 0. The highest BCUT2D eigenvalue weighted by Crippen LogP contribution is 2.61. The molecule has 0 amide bonds. The van der Waals surface area contributed by atoms with E-state index in [1.807, 2.05) is 6.07 Å². The van der Waals surface area contributed by atoms with Crippen LogP contribution in [0.4, 0.5) is 0 Å². The van der Waals surface area contributed by atoms with Crippen molar-refractivity contribution >= 4 is 55.3 Å². The molecule has 2 heterocycles. The zero-order valence-corrected chi connectivity index (χ0v) is 24.2. The molecule has 0 bridgehead atoms. The third-order valence-electron chi connectivity index (χ3n) is 8.49. The van der Waals surface area contributed by atoms with Gasteiger partial charge in [0.1, 0.15) is 23.0 Å². The second-order valence-corrected chi connectivity index (χ2v) is 15.1. The molecule has 0 N–H and O–H groups in total. The van der Waals surface area contributed by atoms with Crippen molar-refractivity contribution in [3.05, 3.63) is 140 Å². The molecule has 2 nitrogen and oxygen atoms in total. The van der Waals surface area contributed by atoms with E-state index >= 15 is 0 Å². The summed E-state index contributed by atoms with van der Waals surface area (Å²) >= 11 is 6.98. The van der Waals surface area contributed by atoms with E-state index < -0.39 is 6.04 Å². The summed E-state index contributed by atoms with van der Waals surface area (Å²) in [5.74, 6) is 3.27. The van der Waals surface area contributed by atoms with Gasteiger partial charge < -0.3 is 9.47 Å². The second kappa shape index (κ2) is 8.90. The van der Waals surface area contributed by atoms with Crippen molar-refractivity contribution in [2.75, 3.05) is 0 Å². The fraction of sp³-hybridized carbons (Fsp3) is 0. The lowest BCUT2D eigenvalue weighted by molar-refractivity contribution is 0.468. The van der Waals surface area contributed by atoms with Gasteiger partial charge in [0.2, 0.25) is 0 Å². The van der Waals surface area contributed by atoms with Gasteiger partial charge in [-0.2, -0.15) is 0 Å². The van der Waals surface area contributed by atoms with Crippen molar-refractivity contribution in [1.82, 2.24) is 0 Å². The summed E-state index contributed by atoms with van der Waals surface area (Å²) in [5, 5.41) is 7.89. The number of hydrogen-bond donors (Lipinski definition) is 0. The van der Waals surface area contributed by atoms with Crippen LogP contribution in [0.5, 0.6) is 23.0 Å². The molecule has 198 valence electrons. The molecule has 7 aromatic carbocycles. The molecule has 0 spiro atoms. The Hall–Kier alpha value is -4.69. The van der Waals surface area contributed by atoms with Crippen LogP contribution in [0, 0.1) is 0 Å². The van der Waals surface area contributed by atoms with Gasteiger partial charge in [-0.05, 0) is 74.6 Å². The minimum Gasteiger partial charge on any atom is -0.456 e. The predicted octanol–water partition coefficient (Wildman–Crippen LogP) is 9.29. The van der Waals surface area contributed by atoms with Gasteiger partial charge in [-0.15, -0.1) is 0 Å². The highest BCUT2D eigenvalue weighted by molar-refractivity contribution is 8.26. The molecule has 0 radical (unpaired) electrons. The van der Waals surface area contributed by atoms with Gasteiger partial charge in [0.05, 0.1) is 11.3 Å². The normalized spacial score (nSPS) is 16.2. The predicted molar refractivity (Wildman–Crippen MR) is 179 cm³/mol. The molecule has 9 rings (SSSR count). The van der Waals surface area contributed by atoms with E-state index in [4.69, 9.17) is 21.3 Å². The van der Waals surface area contributed by atoms with Crippen molar-refractivity contribution in [2.45, 2.75) is 0 Å². The highest BCUT2D eigenvalue weighted by Gasteiger charge is 2.44. The van der Waals surface area contributed by atoms with Gasteiger partial charge in [0, 0.05) is 16.2 Å². The molecule has 42 heavy (non-hydrogen) atoms. The topological polar surface area (TPSA) is 18.5 Å². The fourth-order valence-corrected chi connectivity index (χ4v) is 11.3. The molecule has 7 aromatic rings. The van der Waals surface area contributed by atoms with Gasteiger partial charge >= 0.3 is 0 Å². The molecule has 1 atom stereocenters. The lowest BCUT2D eigenvalue weighted by Crippen LogP contribution is -2.35. The minimum atomic E-state index is -2.58. The van der Waals surface area contributed by atoms with Crippen LogP contribution in [0.1, 0.15) is 0 Å². The smallest absolute Gasteiger partial charge is 0.148 e. The molecule has 0 aromatic heterocycles. The summed E-state index contributed by atoms with van der Waals surface area (Å²) in [6, 6.07) is 46.3. The van der Waals surface area contributed by atoms with Crippen molar-refractivity contribution < 1.29 is 9.47 Å². The molecule has 0 aliphatic carbocycles. The molecule has 1 unspecified atom stereocenters. The van der Waals surface area contributed by atoms with Crippen LogP contribution in [0.2, 0.25) is 0 Å². The number of fused-ring (bicyclic) bond motifs is 7. The molecular formula is C38H23O2PS. The first-order chi connectivity index (χ1) is 20.7. The van der Waals surface area contributed by atoms with E-state index in [1.54, 1.807) is 0 Å². The van der Waals surface area contributed by atoms with E-state index in [0.29, 0.717) is 0 Å². The monoisotopic (exact) mass is 574 g/mol. The zero-order chi connectivity index (χ0) is 27.8.